The molecule has 0 heterocycles. The Hall–Kier alpha value is -2.36. The summed E-state index contributed by atoms with van der Waals surface area (Å²) in [7, 11) is 0. The fourth-order valence-corrected chi connectivity index (χ4v) is 4.77. The molecule has 2 aliphatic rings. The molecule has 0 aliphatic heterocycles. The normalized spacial score (nSPS) is 27.3. The highest BCUT2D eigenvalue weighted by molar-refractivity contribution is 6.02. The SMILES string of the molecule is CCOc1ccc2ccccc2c1C=NNC(=O)[C@@H]1[C@H]2CCCC[C@@]21C. The Labute approximate surface area is 154 Å². The van der Waals surface area contributed by atoms with Gasteiger partial charge in [0, 0.05) is 11.5 Å². The summed E-state index contributed by atoms with van der Waals surface area (Å²) in [5.41, 5.74) is 3.89. The second-order valence-corrected chi connectivity index (χ2v) is 7.70. The number of hydrogen-bond acceptors (Lipinski definition) is 3. The number of nitrogens with one attached hydrogen (secondary N) is 1. The first-order valence-electron chi connectivity index (χ1n) is 9.62. The Bertz CT molecular complexity index is 860. The number of hydrazone groups is 1. The second kappa shape index (κ2) is 6.75. The molecule has 0 spiro atoms. The lowest BCUT2D eigenvalue weighted by molar-refractivity contribution is -0.123. The quantitative estimate of drug-likeness (QED) is 0.637. The number of fused-ring (bicyclic) bond motifs is 2. The van der Waals surface area contributed by atoms with Gasteiger partial charge < -0.3 is 4.74 Å². The van der Waals surface area contributed by atoms with E-state index in [0.717, 1.165) is 28.5 Å². The van der Waals surface area contributed by atoms with E-state index in [-0.39, 0.29) is 17.2 Å². The molecule has 0 bridgehead atoms. The average Bonchev–Trinajstić information content (AvgIpc) is 3.29. The third kappa shape index (κ3) is 2.87. The number of rotatable bonds is 5. The van der Waals surface area contributed by atoms with Gasteiger partial charge in [-0.25, -0.2) is 5.43 Å². The maximum Gasteiger partial charge on any atom is 0.244 e. The minimum atomic E-state index is 0.0637. The van der Waals surface area contributed by atoms with Gasteiger partial charge in [0.05, 0.1) is 12.8 Å². The van der Waals surface area contributed by atoms with E-state index in [2.05, 4.69) is 29.6 Å². The van der Waals surface area contributed by atoms with Gasteiger partial charge in [0.2, 0.25) is 5.91 Å². The predicted molar refractivity (Wildman–Crippen MR) is 104 cm³/mol. The first kappa shape index (κ1) is 17.1. The van der Waals surface area contributed by atoms with Crippen LogP contribution in [0.3, 0.4) is 0 Å². The summed E-state index contributed by atoms with van der Waals surface area (Å²) in [4.78, 5) is 12.6. The molecule has 136 valence electrons. The summed E-state index contributed by atoms with van der Waals surface area (Å²) in [6.07, 6.45) is 6.56. The smallest absolute Gasteiger partial charge is 0.244 e. The van der Waals surface area contributed by atoms with Crippen LogP contribution >= 0.6 is 0 Å². The zero-order valence-corrected chi connectivity index (χ0v) is 15.5. The zero-order chi connectivity index (χ0) is 18.1. The molecule has 0 aromatic heterocycles. The third-order valence-corrected chi connectivity index (χ3v) is 6.21. The molecule has 4 nitrogen and oxygen atoms in total. The van der Waals surface area contributed by atoms with Crippen LogP contribution in [-0.4, -0.2) is 18.7 Å². The van der Waals surface area contributed by atoms with Crippen molar-refractivity contribution in [3.05, 3.63) is 42.0 Å². The number of carbonyl (C=O) groups is 1. The monoisotopic (exact) mass is 350 g/mol. The summed E-state index contributed by atoms with van der Waals surface area (Å²) in [5.74, 6) is 1.52. The van der Waals surface area contributed by atoms with Crippen LogP contribution in [0.2, 0.25) is 0 Å². The van der Waals surface area contributed by atoms with Gasteiger partial charge in [0.25, 0.3) is 0 Å². The van der Waals surface area contributed by atoms with Crippen LogP contribution in [0.5, 0.6) is 5.75 Å². The summed E-state index contributed by atoms with van der Waals surface area (Å²) in [6, 6.07) is 12.1. The number of hydrogen-bond donors (Lipinski definition) is 1. The molecule has 0 radical (unpaired) electrons. The molecule has 3 atom stereocenters. The lowest BCUT2D eigenvalue weighted by atomic mass is 9.90. The van der Waals surface area contributed by atoms with Crippen LogP contribution in [0.4, 0.5) is 0 Å². The Balaban J connectivity index is 1.53. The Morgan fingerprint density at radius 1 is 1.31 bits per heavy atom. The van der Waals surface area contributed by atoms with Crippen LogP contribution in [0, 0.1) is 17.3 Å². The van der Waals surface area contributed by atoms with E-state index in [1.54, 1.807) is 6.21 Å². The van der Waals surface area contributed by atoms with Crippen molar-refractivity contribution in [2.75, 3.05) is 6.61 Å². The molecule has 26 heavy (non-hydrogen) atoms. The maximum atomic E-state index is 12.6. The van der Waals surface area contributed by atoms with Gasteiger partial charge in [0.15, 0.2) is 0 Å². The van der Waals surface area contributed by atoms with Crippen molar-refractivity contribution in [2.45, 2.75) is 39.5 Å². The first-order valence-corrected chi connectivity index (χ1v) is 9.62. The topological polar surface area (TPSA) is 50.7 Å². The van der Waals surface area contributed by atoms with Gasteiger partial charge in [-0.2, -0.15) is 5.10 Å². The van der Waals surface area contributed by atoms with Crippen LogP contribution in [0.15, 0.2) is 41.5 Å². The van der Waals surface area contributed by atoms with E-state index in [9.17, 15) is 4.79 Å². The van der Waals surface area contributed by atoms with E-state index < -0.39 is 0 Å². The van der Waals surface area contributed by atoms with E-state index in [1.807, 2.05) is 31.2 Å². The summed E-state index contributed by atoms with van der Waals surface area (Å²) in [5, 5.41) is 6.48. The van der Waals surface area contributed by atoms with Gasteiger partial charge in [-0.05, 0) is 47.9 Å². The molecule has 2 aromatic rings. The number of nitrogens with zero attached hydrogens (tertiary/aromatic N) is 1. The van der Waals surface area contributed by atoms with Gasteiger partial charge in [-0.15, -0.1) is 0 Å². The molecule has 1 N–H and O–H groups in total. The van der Waals surface area contributed by atoms with Gasteiger partial charge in [0.1, 0.15) is 5.75 Å². The lowest BCUT2D eigenvalue weighted by Gasteiger charge is -2.15. The summed E-state index contributed by atoms with van der Waals surface area (Å²) < 4.78 is 5.75. The van der Waals surface area contributed by atoms with Crippen molar-refractivity contribution in [2.24, 2.45) is 22.4 Å². The van der Waals surface area contributed by atoms with E-state index in [4.69, 9.17) is 4.74 Å². The van der Waals surface area contributed by atoms with E-state index >= 15 is 0 Å². The van der Waals surface area contributed by atoms with Crippen LogP contribution < -0.4 is 10.2 Å². The fraction of sp³-hybridized carbons (Fsp3) is 0.455. The van der Waals surface area contributed by atoms with Crippen LogP contribution in [0.25, 0.3) is 10.8 Å². The minimum absolute atomic E-state index is 0.0637. The van der Waals surface area contributed by atoms with Gasteiger partial charge in [-0.1, -0.05) is 50.1 Å². The molecular formula is C22H26N2O2. The Kier molecular flexibility index (Phi) is 4.43. The number of ether oxygens (including phenoxy) is 1. The van der Waals surface area contributed by atoms with Gasteiger partial charge >= 0.3 is 0 Å². The Morgan fingerprint density at radius 2 is 2.15 bits per heavy atom. The van der Waals surface area contributed by atoms with Crippen molar-refractivity contribution in [3.63, 3.8) is 0 Å². The fourth-order valence-electron chi connectivity index (χ4n) is 4.77. The highest BCUT2D eigenvalue weighted by Gasteiger charge is 2.64. The highest BCUT2D eigenvalue weighted by atomic mass is 16.5. The summed E-state index contributed by atoms with van der Waals surface area (Å²) in [6.45, 7) is 4.81. The van der Waals surface area contributed by atoms with Crippen LogP contribution in [-0.2, 0) is 4.79 Å². The second-order valence-electron chi connectivity index (χ2n) is 7.70. The van der Waals surface area contributed by atoms with Crippen molar-refractivity contribution < 1.29 is 9.53 Å². The third-order valence-electron chi connectivity index (χ3n) is 6.21. The molecule has 2 aliphatic carbocycles. The molecule has 2 fully saturated rings. The molecular weight excluding hydrogens is 324 g/mol. The van der Waals surface area contributed by atoms with E-state index in [0.29, 0.717) is 12.5 Å². The molecule has 4 rings (SSSR count). The predicted octanol–water partition coefficient (Wildman–Crippen LogP) is 4.51. The standard InChI is InChI=1S/C22H26N2O2/c1-3-26-19-12-11-15-8-4-5-9-16(15)17(19)14-23-24-21(25)20-18-10-6-7-13-22(18,20)2/h4-5,8-9,11-12,14,18,20H,3,6-7,10,13H2,1-2H3,(H,24,25)/t18-,20+,22+/m1/s1. The summed E-state index contributed by atoms with van der Waals surface area (Å²) >= 11 is 0. The molecule has 4 heteroatoms. The number of carbonyl (C=O) groups excluding carboxylic acids is 1. The van der Waals surface area contributed by atoms with Crippen LogP contribution in [0.1, 0.15) is 45.1 Å². The number of amides is 1. The molecule has 1 amide bonds. The molecule has 2 saturated carbocycles. The Morgan fingerprint density at radius 3 is 2.92 bits per heavy atom. The van der Waals surface area contributed by atoms with Crippen molar-refractivity contribution in [1.29, 1.82) is 0 Å². The minimum Gasteiger partial charge on any atom is -0.493 e. The van der Waals surface area contributed by atoms with Crippen molar-refractivity contribution in [1.82, 2.24) is 5.43 Å². The van der Waals surface area contributed by atoms with Crippen molar-refractivity contribution >= 4 is 22.9 Å². The number of benzene rings is 2. The maximum absolute atomic E-state index is 12.6. The molecule has 0 saturated heterocycles. The lowest BCUT2D eigenvalue weighted by Crippen LogP contribution is -2.22. The average molecular weight is 350 g/mol. The largest absolute Gasteiger partial charge is 0.493 e. The molecule has 2 aromatic carbocycles. The van der Waals surface area contributed by atoms with E-state index in [1.165, 1.54) is 19.3 Å². The highest BCUT2D eigenvalue weighted by Crippen LogP contribution is 2.66. The first-order chi connectivity index (χ1) is 12.6. The van der Waals surface area contributed by atoms with Crippen molar-refractivity contribution in [3.8, 4) is 5.75 Å². The molecule has 0 unspecified atom stereocenters. The van der Waals surface area contributed by atoms with Gasteiger partial charge in [-0.3, -0.25) is 4.79 Å². The zero-order valence-electron chi connectivity index (χ0n) is 15.5.